The Hall–Kier alpha value is -3.80. The summed E-state index contributed by atoms with van der Waals surface area (Å²) in [5.41, 5.74) is 6.50. The molecule has 3 aromatic carbocycles. The molecule has 0 radical (unpaired) electrons. The molecule has 0 unspecified atom stereocenters. The molecule has 0 saturated heterocycles. The van der Waals surface area contributed by atoms with Crippen molar-refractivity contribution < 1.29 is 19.0 Å². The van der Waals surface area contributed by atoms with E-state index in [1.54, 1.807) is 32.6 Å². The lowest BCUT2D eigenvalue weighted by molar-refractivity contribution is -0.120. The summed E-state index contributed by atoms with van der Waals surface area (Å²) >= 11 is 0. The van der Waals surface area contributed by atoms with Crippen molar-refractivity contribution in [2.75, 3.05) is 14.2 Å². The molecule has 0 aromatic heterocycles. The number of rotatable bonds is 9. The van der Waals surface area contributed by atoms with Crippen molar-refractivity contribution in [3.63, 3.8) is 0 Å². The van der Waals surface area contributed by atoms with E-state index in [4.69, 9.17) is 14.2 Å². The molecule has 0 saturated carbocycles. The number of benzene rings is 3. The van der Waals surface area contributed by atoms with Crippen molar-refractivity contribution in [1.29, 1.82) is 0 Å². The maximum atomic E-state index is 12.2. The van der Waals surface area contributed by atoms with Crippen LogP contribution in [0.3, 0.4) is 0 Å². The second kappa shape index (κ2) is 10.8. The second-order valence-corrected chi connectivity index (χ2v) is 7.01. The Bertz CT molecular complexity index is 1050. The van der Waals surface area contributed by atoms with E-state index in [-0.39, 0.29) is 12.3 Å². The zero-order chi connectivity index (χ0) is 22.1. The summed E-state index contributed by atoms with van der Waals surface area (Å²) in [6, 6.07) is 21.1. The number of amides is 1. The summed E-state index contributed by atoms with van der Waals surface area (Å²) in [5.74, 6) is 1.71. The van der Waals surface area contributed by atoms with E-state index in [1.165, 1.54) is 5.56 Å². The molecule has 3 rings (SSSR count). The molecule has 0 aliphatic carbocycles. The Balaban J connectivity index is 1.52. The summed E-state index contributed by atoms with van der Waals surface area (Å²) in [5, 5.41) is 4.05. The van der Waals surface area contributed by atoms with Gasteiger partial charge in [0.2, 0.25) is 5.91 Å². The van der Waals surface area contributed by atoms with Gasteiger partial charge in [-0.25, -0.2) is 5.43 Å². The molecule has 0 aliphatic rings. The number of ether oxygens (including phenoxy) is 3. The minimum Gasteiger partial charge on any atom is -0.493 e. The van der Waals surface area contributed by atoms with Crippen LogP contribution in [0.1, 0.15) is 22.3 Å². The Kier molecular flexibility index (Phi) is 7.65. The molecule has 0 aliphatic heterocycles. The molecule has 160 valence electrons. The van der Waals surface area contributed by atoms with Gasteiger partial charge in [-0.3, -0.25) is 4.79 Å². The predicted octanol–water partition coefficient (Wildman–Crippen LogP) is 4.28. The first-order valence-corrected chi connectivity index (χ1v) is 9.88. The number of aryl methyl sites for hydroxylation is 1. The van der Waals surface area contributed by atoms with Crippen LogP contribution in [0.25, 0.3) is 0 Å². The van der Waals surface area contributed by atoms with Gasteiger partial charge in [0, 0.05) is 0 Å². The zero-order valence-corrected chi connectivity index (χ0v) is 17.9. The van der Waals surface area contributed by atoms with Crippen LogP contribution in [-0.4, -0.2) is 26.3 Å². The van der Waals surface area contributed by atoms with Gasteiger partial charge >= 0.3 is 0 Å². The van der Waals surface area contributed by atoms with Gasteiger partial charge in [-0.1, -0.05) is 48.0 Å². The second-order valence-electron chi connectivity index (χ2n) is 7.01. The first-order chi connectivity index (χ1) is 15.1. The highest BCUT2D eigenvalue weighted by Gasteiger charge is 2.08. The zero-order valence-electron chi connectivity index (χ0n) is 17.9. The lowest BCUT2D eigenvalue weighted by Crippen LogP contribution is -2.19. The number of hydrogen-bond acceptors (Lipinski definition) is 5. The number of hydrazone groups is 1. The van der Waals surface area contributed by atoms with Crippen LogP contribution in [0.2, 0.25) is 0 Å². The first-order valence-electron chi connectivity index (χ1n) is 9.88. The largest absolute Gasteiger partial charge is 0.493 e. The molecule has 0 heterocycles. The molecule has 31 heavy (non-hydrogen) atoms. The molecule has 1 amide bonds. The lowest BCUT2D eigenvalue weighted by Gasteiger charge is -2.09. The normalized spacial score (nSPS) is 10.7. The van der Waals surface area contributed by atoms with Crippen LogP contribution in [0.4, 0.5) is 0 Å². The standard InChI is InChI=1S/C25H26N2O4/c1-18-7-9-19(10-8-18)17-31-22-6-4-5-21(13-22)16-26-27-25(28)15-20-11-12-23(29-2)24(14-20)30-3/h4-14,16H,15,17H2,1-3H3,(H,27,28)/b26-16+. The van der Waals surface area contributed by atoms with Gasteiger partial charge < -0.3 is 14.2 Å². The smallest absolute Gasteiger partial charge is 0.244 e. The van der Waals surface area contributed by atoms with E-state index in [9.17, 15) is 4.79 Å². The van der Waals surface area contributed by atoms with Crippen molar-refractivity contribution in [2.24, 2.45) is 5.10 Å². The highest BCUT2D eigenvalue weighted by Crippen LogP contribution is 2.27. The van der Waals surface area contributed by atoms with Crippen LogP contribution in [0.5, 0.6) is 17.2 Å². The molecule has 3 aromatic rings. The number of methoxy groups -OCH3 is 2. The SMILES string of the molecule is COc1ccc(CC(=O)N/N=C/c2cccc(OCc3ccc(C)cc3)c2)cc1OC. The average molecular weight is 418 g/mol. The third-order valence-corrected chi connectivity index (χ3v) is 4.60. The molecule has 0 atom stereocenters. The Morgan fingerprint density at radius 2 is 1.68 bits per heavy atom. The van der Waals surface area contributed by atoms with Gasteiger partial charge in [-0.15, -0.1) is 0 Å². The Morgan fingerprint density at radius 3 is 2.42 bits per heavy atom. The summed E-state index contributed by atoms with van der Waals surface area (Å²) in [6.07, 6.45) is 1.77. The van der Waals surface area contributed by atoms with Crippen LogP contribution in [0.15, 0.2) is 71.8 Å². The van der Waals surface area contributed by atoms with E-state index in [0.29, 0.717) is 18.1 Å². The van der Waals surface area contributed by atoms with Crippen molar-refractivity contribution in [3.8, 4) is 17.2 Å². The number of carbonyl (C=O) groups excluding carboxylic acids is 1. The molecule has 6 nitrogen and oxygen atoms in total. The molecular formula is C25H26N2O4. The maximum Gasteiger partial charge on any atom is 0.244 e. The fourth-order valence-electron chi connectivity index (χ4n) is 2.93. The average Bonchev–Trinajstić information content (AvgIpc) is 2.79. The lowest BCUT2D eigenvalue weighted by atomic mass is 10.1. The number of nitrogens with one attached hydrogen (secondary N) is 1. The van der Waals surface area contributed by atoms with E-state index < -0.39 is 0 Å². The van der Waals surface area contributed by atoms with Gasteiger partial charge in [0.05, 0.1) is 26.9 Å². The number of carbonyl (C=O) groups is 1. The van der Waals surface area contributed by atoms with Crippen molar-refractivity contribution in [2.45, 2.75) is 20.0 Å². The summed E-state index contributed by atoms with van der Waals surface area (Å²) in [7, 11) is 3.13. The van der Waals surface area contributed by atoms with Gasteiger partial charge in [0.15, 0.2) is 11.5 Å². The molecule has 6 heteroatoms. The summed E-state index contributed by atoms with van der Waals surface area (Å²) in [4.78, 5) is 12.2. The molecular weight excluding hydrogens is 392 g/mol. The summed E-state index contributed by atoms with van der Waals surface area (Å²) < 4.78 is 16.3. The fraction of sp³-hybridized carbons (Fsp3) is 0.200. The minimum absolute atomic E-state index is 0.178. The van der Waals surface area contributed by atoms with E-state index >= 15 is 0 Å². The monoisotopic (exact) mass is 418 g/mol. The van der Waals surface area contributed by atoms with Crippen LogP contribution >= 0.6 is 0 Å². The Morgan fingerprint density at radius 1 is 0.935 bits per heavy atom. The molecule has 0 bridgehead atoms. The summed E-state index contributed by atoms with van der Waals surface area (Å²) in [6.45, 7) is 2.54. The van der Waals surface area contributed by atoms with E-state index in [0.717, 1.165) is 22.4 Å². The third kappa shape index (κ3) is 6.60. The van der Waals surface area contributed by atoms with Crippen LogP contribution < -0.4 is 19.6 Å². The third-order valence-electron chi connectivity index (χ3n) is 4.60. The first kappa shape index (κ1) is 21.9. The number of nitrogens with zero attached hydrogens (tertiary/aromatic N) is 1. The van der Waals surface area contributed by atoms with E-state index in [1.807, 2.05) is 30.3 Å². The number of hydrogen-bond donors (Lipinski definition) is 1. The minimum atomic E-state index is -0.227. The Labute approximate surface area is 182 Å². The fourth-order valence-corrected chi connectivity index (χ4v) is 2.93. The molecule has 0 fully saturated rings. The van der Waals surface area contributed by atoms with Crippen LogP contribution in [-0.2, 0) is 17.8 Å². The van der Waals surface area contributed by atoms with Crippen molar-refractivity contribution >= 4 is 12.1 Å². The predicted molar refractivity (Wildman–Crippen MR) is 121 cm³/mol. The highest BCUT2D eigenvalue weighted by atomic mass is 16.5. The van der Waals surface area contributed by atoms with Crippen molar-refractivity contribution in [3.05, 3.63) is 89.0 Å². The van der Waals surface area contributed by atoms with Gasteiger partial charge in [0.25, 0.3) is 0 Å². The quantitative estimate of drug-likeness (QED) is 0.416. The van der Waals surface area contributed by atoms with E-state index in [2.05, 4.69) is 41.7 Å². The van der Waals surface area contributed by atoms with Crippen molar-refractivity contribution in [1.82, 2.24) is 5.43 Å². The van der Waals surface area contributed by atoms with Crippen LogP contribution in [0, 0.1) is 6.92 Å². The topological polar surface area (TPSA) is 69.2 Å². The highest BCUT2D eigenvalue weighted by molar-refractivity contribution is 5.83. The molecule has 1 N–H and O–H groups in total. The molecule has 0 spiro atoms. The van der Waals surface area contributed by atoms with Gasteiger partial charge in [0.1, 0.15) is 12.4 Å². The van der Waals surface area contributed by atoms with Gasteiger partial charge in [-0.05, 0) is 47.9 Å². The maximum absolute atomic E-state index is 12.2. The van der Waals surface area contributed by atoms with Gasteiger partial charge in [-0.2, -0.15) is 5.10 Å².